The third-order valence-corrected chi connectivity index (χ3v) is 5.99. The van der Waals surface area contributed by atoms with Crippen LogP contribution in [0.2, 0.25) is 0 Å². The molecular formula is C22H21F2N5O4. The monoisotopic (exact) mass is 457 g/mol. The number of anilines is 3. The van der Waals surface area contributed by atoms with Gasteiger partial charge in [-0.05, 0) is 30.0 Å². The number of hydrogen-bond acceptors (Lipinski definition) is 7. The highest BCUT2D eigenvalue weighted by molar-refractivity contribution is 5.99. The highest BCUT2D eigenvalue weighted by atomic mass is 19.1. The molecule has 0 saturated carbocycles. The van der Waals surface area contributed by atoms with Crippen molar-refractivity contribution in [2.24, 2.45) is 0 Å². The number of alkyl halides is 1. The molecular weight excluding hydrogens is 436 g/mol. The predicted octanol–water partition coefficient (Wildman–Crippen LogP) is 3.35. The number of fused-ring (bicyclic) bond motifs is 2. The molecule has 0 radical (unpaired) electrons. The first-order valence-electron chi connectivity index (χ1n) is 10.3. The number of amides is 1. The number of benzene rings is 1. The summed E-state index contributed by atoms with van der Waals surface area (Å²) in [5, 5.41) is 13.7. The van der Waals surface area contributed by atoms with Crippen LogP contribution in [0.5, 0.6) is 5.88 Å². The van der Waals surface area contributed by atoms with Crippen LogP contribution in [0.1, 0.15) is 5.56 Å². The van der Waals surface area contributed by atoms with Crippen LogP contribution in [-0.2, 0) is 4.74 Å². The quantitative estimate of drug-likeness (QED) is 0.512. The first kappa shape index (κ1) is 21.1. The lowest BCUT2D eigenvalue weighted by Crippen LogP contribution is -2.45. The second-order valence-corrected chi connectivity index (χ2v) is 7.94. The van der Waals surface area contributed by atoms with E-state index >= 15 is 4.39 Å². The average Bonchev–Trinajstić information content (AvgIpc) is 3.22. The number of hydrogen-bond donors (Lipinski definition) is 3. The second-order valence-electron chi connectivity index (χ2n) is 7.94. The van der Waals surface area contributed by atoms with Gasteiger partial charge in [-0.15, -0.1) is 0 Å². The van der Waals surface area contributed by atoms with Gasteiger partial charge in [0.1, 0.15) is 24.3 Å². The summed E-state index contributed by atoms with van der Waals surface area (Å²) in [6.45, 7) is 2.63. The maximum Gasteiger partial charge on any atom is 0.413 e. The Labute approximate surface area is 187 Å². The smallest absolute Gasteiger partial charge is 0.413 e. The van der Waals surface area contributed by atoms with Crippen LogP contribution in [0.4, 0.5) is 30.8 Å². The maximum absolute atomic E-state index is 15.3. The van der Waals surface area contributed by atoms with Crippen molar-refractivity contribution in [3.63, 3.8) is 0 Å². The molecule has 2 atom stereocenters. The summed E-state index contributed by atoms with van der Waals surface area (Å²) in [7, 11) is 0. The van der Waals surface area contributed by atoms with Crippen LogP contribution in [0, 0.1) is 12.7 Å². The molecule has 4 heterocycles. The normalized spacial score (nSPS) is 19.6. The number of nitrogens with zero attached hydrogens (tertiary/aromatic N) is 3. The van der Waals surface area contributed by atoms with Crippen molar-refractivity contribution in [3.05, 3.63) is 35.9 Å². The van der Waals surface area contributed by atoms with E-state index in [-0.39, 0.29) is 30.3 Å². The van der Waals surface area contributed by atoms with Gasteiger partial charge in [0.05, 0.1) is 24.9 Å². The third kappa shape index (κ3) is 3.44. The molecule has 0 spiro atoms. The summed E-state index contributed by atoms with van der Waals surface area (Å²) in [4.78, 5) is 21.2. The number of carboxylic acid groups (broad SMARTS) is 1. The number of nitrogens with one attached hydrogen (secondary N) is 1. The third-order valence-electron chi connectivity index (χ3n) is 5.99. The molecule has 2 aromatic heterocycles. The standard InChI is InChI=1S/C22H21F2N5O4/c1-10-13(6-28-21-20(10)26-2-3-33-21)12-4-11-5-17(27-7-14(11)19(25)18(12)24)29(22(30)31)16-9-32-8-15(16)23/h4-7,15-16,26H,2-3,8-9,25H2,1H3,(H,30,31)/t15-,16+/m0/s1. The number of rotatable bonds is 3. The van der Waals surface area contributed by atoms with Gasteiger partial charge in [-0.1, -0.05) is 0 Å². The van der Waals surface area contributed by atoms with E-state index < -0.39 is 24.1 Å². The number of nitrogens with two attached hydrogens (primary N) is 1. The van der Waals surface area contributed by atoms with Gasteiger partial charge < -0.3 is 25.6 Å². The molecule has 3 aromatic rings. The van der Waals surface area contributed by atoms with Crippen molar-refractivity contribution in [2.45, 2.75) is 19.1 Å². The fraction of sp³-hybridized carbons (Fsp3) is 0.318. The number of pyridine rings is 2. The Morgan fingerprint density at radius 2 is 2.09 bits per heavy atom. The van der Waals surface area contributed by atoms with E-state index in [9.17, 15) is 14.3 Å². The van der Waals surface area contributed by atoms with E-state index in [4.69, 9.17) is 15.2 Å². The molecule has 0 bridgehead atoms. The largest absolute Gasteiger partial charge is 0.474 e. The van der Waals surface area contributed by atoms with Crippen molar-refractivity contribution in [1.82, 2.24) is 9.97 Å². The fourth-order valence-electron chi connectivity index (χ4n) is 4.27. The van der Waals surface area contributed by atoms with Gasteiger partial charge in [0.25, 0.3) is 0 Å². The van der Waals surface area contributed by atoms with Gasteiger partial charge in [0.2, 0.25) is 5.88 Å². The van der Waals surface area contributed by atoms with Crippen LogP contribution in [-0.4, -0.2) is 59.7 Å². The summed E-state index contributed by atoms with van der Waals surface area (Å²) in [6, 6.07) is 1.99. The Kier molecular flexibility index (Phi) is 5.12. The Balaban J connectivity index is 1.65. The molecule has 0 unspecified atom stereocenters. The van der Waals surface area contributed by atoms with Crippen LogP contribution in [0.25, 0.3) is 21.9 Å². The van der Waals surface area contributed by atoms with E-state index in [1.807, 2.05) is 6.92 Å². The van der Waals surface area contributed by atoms with Crippen LogP contribution >= 0.6 is 0 Å². The first-order chi connectivity index (χ1) is 15.9. The molecule has 9 nitrogen and oxygen atoms in total. The van der Waals surface area contributed by atoms with Gasteiger partial charge in [-0.3, -0.25) is 4.90 Å². The highest BCUT2D eigenvalue weighted by Crippen LogP contribution is 2.40. The number of carbonyl (C=O) groups is 1. The van der Waals surface area contributed by atoms with Gasteiger partial charge >= 0.3 is 6.09 Å². The molecule has 4 N–H and O–H groups in total. The van der Waals surface area contributed by atoms with Gasteiger partial charge in [-0.25, -0.2) is 23.5 Å². The predicted molar refractivity (Wildman–Crippen MR) is 118 cm³/mol. The zero-order valence-electron chi connectivity index (χ0n) is 17.6. The zero-order chi connectivity index (χ0) is 23.3. The van der Waals surface area contributed by atoms with Crippen molar-refractivity contribution in [3.8, 4) is 17.0 Å². The van der Waals surface area contributed by atoms with Crippen molar-refractivity contribution >= 4 is 34.1 Å². The van der Waals surface area contributed by atoms with Crippen molar-refractivity contribution < 1.29 is 28.2 Å². The average molecular weight is 457 g/mol. The molecule has 1 amide bonds. The molecule has 0 aliphatic carbocycles. The summed E-state index contributed by atoms with van der Waals surface area (Å²) >= 11 is 0. The number of ether oxygens (including phenoxy) is 2. The number of nitrogen functional groups attached to an aromatic ring is 1. The minimum Gasteiger partial charge on any atom is -0.474 e. The molecule has 33 heavy (non-hydrogen) atoms. The van der Waals surface area contributed by atoms with Crippen molar-refractivity contribution in [1.29, 1.82) is 0 Å². The first-order valence-corrected chi connectivity index (χ1v) is 10.3. The Morgan fingerprint density at radius 1 is 1.27 bits per heavy atom. The van der Waals surface area contributed by atoms with E-state index in [1.54, 1.807) is 6.07 Å². The Morgan fingerprint density at radius 3 is 2.82 bits per heavy atom. The lowest BCUT2D eigenvalue weighted by molar-refractivity contribution is 0.172. The fourth-order valence-corrected chi connectivity index (χ4v) is 4.27. The summed E-state index contributed by atoms with van der Waals surface area (Å²) in [5.74, 6) is -0.193. The molecule has 2 aliphatic rings. The van der Waals surface area contributed by atoms with Gasteiger partial charge in [-0.2, -0.15) is 0 Å². The van der Waals surface area contributed by atoms with E-state index in [1.165, 1.54) is 18.5 Å². The Bertz CT molecular complexity index is 1270. The lowest BCUT2D eigenvalue weighted by atomic mass is 9.97. The molecule has 1 aromatic carbocycles. The molecule has 1 fully saturated rings. The van der Waals surface area contributed by atoms with E-state index in [0.29, 0.717) is 41.1 Å². The maximum atomic E-state index is 15.3. The molecule has 2 aliphatic heterocycles. The highest BCUT2D eigenvalue weighted by Gasteiger charge is 2.38. The number of halogens is 2. The number of aromatic nitrogens is 2. The van der Waals surface area contributed by atoms with Gasteiger partial charge in [0, 0.05) is 35.5 Å². The zero-order valence-corrected chi connectivity index (χ0v) is 17.6. The van der Waals surface area contributed by atoms with E-state index in [2.05, 4.69) is 15.3 Å². The van der Waals surface area contributed by atoms with Crippen LogP contribution in [0.15, 0.2) is 24.5 Å². The molecule has 11 heteroatoms. The van der Waals surface area contributed by atoms with E-state index in [0.717, 1.165) is 10.5 Å². The molecule has 5 rings (SSSR count). The molecule has 172 valence electrons. The van der Waals surface area contributed by atoms with Gasteiger partial charge in [0.15, 0.2) is 5.82 Å². The summed E-state index contributed by atoms with van der Waals surface area (Å²) in [6.07, 6.45) is -0.0401. The van der Waals surface area contributed by atoms with Crippen molar-refractivity contribution in [2.75, 3.05) is 42.3 Å². The minimum atomic E-state index is -1.48. The second kappa shape index (κ2) is 8.00. The van der Waals surface area contributed by atoms with Crippen LogP contribution in [0.3, 0.4) is 0 Å². The lowest BCUT2D eigenvalue weighted by Gasteiger charge is -2.25. The minimum absolute atomic E-state index is 0.000428. The SMILES string of the molecule is Cc1c(-c2cc3cc(N(C(=O)O)[C@@H]4COC[C@@H]4F)ncc3c(N)c2F)cnc2c1NCCO2. The molecule has 1 saturated heterocycles. The van der Waals surface area contributed by atoms with Crippen LogP contribution < -0.4 is 20.7 Å². The summed E-state index contributed by atoms with van der Waals surface area (Å²) in [5.41, 5.74) is 8.09. The topological polar surface area (TPSA) is 123 Å². The Hall–Kier alpha value is -3.73. The summed E-state index contributed by atoms with van der Waals surface area (Å²) < 4.78 is 40.2.